The van der Waals surface area contributed by atoms with Gasteiger partial charge >= 0.3 is 11.7 Å². The first kappa shape index (κ1) is 30.5. The van der Waals surface area contributed by atoms with E-state index in [4.69, 9.17) is 4.74 Å². The first-order valence-corrected chi connectivity index (χ1v) is 12.9. The number of anilines is 1. The molecule has 0 aromatic heterocycles. The Labute approximate surface area is 249 Å². The van der Waals surface area contributed by atoms with E-state index in [0.717, 1.165) is 23.9 Å². The lowest BCUT2D eigenvalue weighted by molar-refractivity contribution is -0.385. The van der Waals surface area contributed by atoms with E-state index >= 15 is 0 Å². The molecule has 0 radical (unpaired) electrons. The molecule has 0 heterocycles. The summed E-state index contributed by atoms with van der Waals surface area (Å²) in [6.45, 7) is 0. The van der Waals surface area contributed by atoms with Gasteiger partial charge in [-0.1, -0.05) is 48.5 Å². The van der Waals surface area contributed by atoms with Crippen LogP contribution in [-0.4, -0.2) is 33.8 Å². The highest BCUT2D eigenvalue weighted by molar-refractivity contribution is 5.97. The molecule has 220 valence electrons. The molecule has 4 rings (SSSR count). The van der Waals surface area contributed by atoms with Crippen molar-refractivity contribution in [2.24, 2.45) is 5.10 Å². The summed E-state index contributed by atoms with van der Waals surface area (Å²) in [6, 6.07) is 24.7. The Kier molecular flexibility index (Phi) is 9.97. The van der Waals surface area contributed by atoms with Gasteiger partial charge in [0.05, 0.1) is 22.5 Å². The first-order chi connectivity index (χ1) is 21.2. The summed E-state index contributed by atoms with van der Waals surface area (Å²) < 4.78 is 5.22. The number of non-ortho nitro benzene ring substituents is 1. The Bertz CT molecular complexity index is 1770. The fraction of sp³-hybridized carbons (Fsp3) is 0.0323. The number of amides is 2. The maximum Gasteiger partial charge on any atom is 0.336 e. The predicted molar refractivity (Wildman–Crippen MR) is 161 cm³/mol. The van der Waals surface area contributed by atoms with Gasteiger partial charge < -0.3 is 10.1 Å². The van der Waals surface area contributed by atoms with Gasteiger partial charge in [0.1, 0.15) is 0 Å². The zero-order chi connectivity index (χ0) is 31.5. The highest BCUT2D eigenvalue weighted by Crippen LogP contribution is 2.30. The van der Waals surface area contributed by atoms with E-state index < -0.39 is 33.2 Å². The van der Waals surface area contributed by atoms with Gasteiger partial charge in [0.25, 0.3) is 11.6 Å². The fourth-order valence-electron chi connectivity index (χ4n) is 3.86. The molecule has 13 heteroatoms. The van der Waals surface area contributed by atoms with Crippen LogP contribution < -0.4 is 15.5 Å². The van der Waals surface area contributed by atoms with Crippen LogP contribution in [0.1, 0.15) is 27.0 Å². The van der Waals surface area contributed by atoms with Crippen LogP contribution in [0, 0.1) is 20.2 Å². The summed E-state index contributed by atoms with van der Waals surface area (Å²) in [5, 5.41) is 29.1. The number of carbonyl (C=O) groups is 3. The molecule has 0 aliphatic heterocycles. The van der Waals surface area contributed by atoms with Gasteiger partial charge in [0, 0.05) is 41.1 Å². The lowest BCUT2D eigenvalue weighted by Gasteiger charge is -2.07. The first-order valence-electron chi connectivity index (χ1n) is 12.9. The Balaban J connectivity index is 1.40. The van der Waals surface area contributed by atoms with Crippen molar-refractivity contribution in [3.8, 4) is 5.75 Å². The van der Waals surface area contributed by atoms with Gasteiger partial charge in [0.2, 0.25) is 11.7 Å². The molecule has 0 fully saturated rings. The minimum atomic E-state index is -0.986. The second-order valence-electron chi connectivity index (χ2n) is 9.05. The number of hydrogen-bond donors (Lipinski definition) is 2. The summed E-state index contributed by atoms with van der Waals surface area (Å²) in [7, 11) is 0. The van der Waals surface area contributed by atoms with Crippen molar-refractivity contribution in [1.82, 2.24) is 5.43 Å². The number of benzene rings is 4. The summed E-state index contributed by atoms with van der Waals surface area (Å²) in [6.07, 6.45) is 3.50. The molecular weight excluding hydrogens is 570 g/mol. The van der Waals surface area contributed by atoms with Crippen molar-refractivity contribution in [3.05, 3.63) is 146 Å². The zero-order valence-electron chi connectivity index (χ0n) is 22.8. The van der Waals surface area contributed by atoms with Crippen molar-refractivity contribution >= 4 is 47.1 Å². The molecule has 0 aliphatic carbocycles. The van der Waals surface area contributed by atoms with E-state index in [1.165, 1.54) is 54.6 Å². The molecule has 0 spiro atoms. The number of rotatable bonds is 11. The number of esters is 1. The Morgan fingerprint density at radius 3 is 2.27 bits per heavy atom. The molecule has 0 saturated carbocycles. The molecule has 0 unspecified atom stereocenters. The Hall–Kier alpha value is -6.50. The minimum absolute atomic E-state index is 0.0214. The van der Waals surface area contributed by atoms with Crippen LogP contribution in [0.5, 0.6) is 5.75 Å². The van der Waals surface area contributed by atoms with Crippen molar-refractivity contribution in [3.63, 3.8) is 0 Å². The minimum Gasteiger partial charge on any atom is -0.415 e. The van der Waals surface area contributed by atoms with Crippen LogP contribution in [0.3, 0.4) is 0 Å². The lowest BCUT2D eigenvalue weighted by atomic mass is 10.1. The van der Waals surface area contributed by atoms with Crippen LogP contribution >= 0.6 is 0 Å². The predicted octanol–water partition coefficient (Wildman–Crippen LogP) is 5.07. The van der Waals surface area contributed by atoms with Crippen LogP contribution in [-0.2, 0) is 16.0 Å². The third kappa shape index (κ3) is 8.50. The van der Waals surface area contributed by atoms with E-state index in [-0.39, 0.29) is 29.1 Å². The van der Waals surface area contributed by atoms with Gasteiger partial charge in [-0.25, -0.2) is 10.2 Å². The summed E-state index contributed by atoms with van der Waals surface area (Å²) in [4.78, 5) is 58.5. The number of nitrogens with one attached hydrogen (secondary N) is 2. The molecule has 0 saturated heterocycles. The second kappa shape index (κ2) is 14.4. The second-order valence-corrected chi connectivity index (χ2v) is 9.05. The van der Waals surface area contributed by atoms with Crippen LogP contribution in [0.2, 0.25) is 0 Å². The van der Waals surface area contributed by atoms with Gasteiger partial charge in [0.15, 0.2) is 0 Å². The van der Waals surface area contributed by atoms with E-state index in [1.807, 2.05) is 30.3 Å². The van der Waals surface area contributed by atoms with Crippen molar-refractivity contribution in [1.29, 1.82) is 0 Å². The van der Waals surface area contributed by atoms with E-state index in [9.17, 15) is 34.6 Å². The molecule has 4 aromatic rings. The summed E-state index contributed by atoms with van der Waals surface area (Å²) in [5.74, 6) is -2.22. The number of nitrogens with zero attached hydrogens (tertiary/aromatic N) is 3. The van der Waals surface area contributed by atoms with Crippen molar-refractivity contribution < 1.29 is 29.0 Å². The Morgan fingerprint density at radius 1 is 0.841 bits per heavy atom. The van der Waals surface area contributed by atoms with Crippen molar-refractivity contribution in [2.45, 2.75) is 6.42 Å². The average Bonchev–Trinajstić information content (AvgIpc) is 3.01. The van der Waals surface area contributed by atoms with Crippen LogP contribution in [0.25, 0.3) is 6.08 Å². The van der Waals surface area contributed by atoms with Gasteiger partial charge in [-0.3, -0.25) is 29.8 Å². The molecule has 0 aliphatic rings. The number of ether oxygens (including phenoxy) is 1. The van der Waals surface area contributed by atoms with Gasteiger partial charge in [-0.2, -0.15) is 5.10 Å². The molecular formula is C31H23N5O8. The maximum atomic E-state index is 12.6. The number of nitro groups is 2. The largest absolute Gasteiger partial charge is 0.415 e. The normalized spacial score (nSPS) is 10.8. The highest BCUT2D eigenvalue weighted by atomic mass is 16.6. The standard InChI is InChI=1S/C31H23N5O8/c37-28(19-21-6-2-1-3-7-21)33-25-15-13-23(14-16-25)31(39)34-32-20-24-9-5-11-27(36(42)43)30(24)44-29(38)17-12-22-8-4-10-26(18-22)35(40)41/h1-18,20H,19H2,(H,33,37)(H,34,39)/b17-12+,32-20+. The number of hydrogen-bond acceptors (Lipinski definition) is 9. The fourth-order valence-corrected chi connectivity index (χ4v) is 3.86. The van der Waals surface area contributed by atoms with Crippen LogP contribution in [0.4, 0.5) is 17.1 Å². The number of nitro benzene ring substituents is 2. The Morgan fingerprint density at radius 2 is 1.57 bits per heavy atom. The SMILES string of the molecule is O=C(Cc1ccccc1)Nc1ccc(C(=O)N/N=C/c2cccc([N+](=O)[O-])c2OC(=O)/C=C/c2cccc([N+](=O)[O-])c2)cc1. The molecule has 0 atom stereocenters. The highest BCUT2D eigenvalue weighted by Gasteiger charge is 2.21. The van der Waals surface area contributed by atoms with E-state index in [2.05, 4.69) is 15.8 Å². The third-order valence-corrected chi connectivity index (χ3v) is 5.93. The smallest absolute Gasteiger partial charge is 0.336 e. The summed E-state index contributed by atoms with van der Waals surface area (Å²) >= 11 is 0. The number of carbonyl (C=O) groups excluding carboxylic acids is 3. The van der Waals surface area contributed by atoms with Gasteiger partial charge in [-0.15, -0.1) is 0 Å². The van der Waals surface area contributed by atoms with Crippen LogP contribution in [0.15, 0.2) is 108 Å². The van der Waals surface area contributed by atoms with E-state index in [1.54, 1.807) is 12.1 Å². The third-order valence-electron chi connectivity index (χ3n) is 5.93. The molecule has 2 amide bonds. The molecule has 2 N–H and O–H groups in total. The number of para-hydroxylation sites is 1. The molecule has 13 nitrogen and oxygen atoms in total. The molecule has 0 bridgehead atoms. The maximum absolute atomic E-state index is 12.6. The number of hydrazone groups is 1. The topological polar surface area (TPSA) is 183 Å². The average molecular weight is 594 g/mol. The quantitative estimate of drug-likeness (QED) is 0.0603. The van der Waals surface area contributed by atoms with Gasteiger partial charge in [-0.05, 0) is 47.5 Å². The zero-order valence-corrected chi connectivity index (χ0v) is 22.8. The van der Waals surface area contributed by atoms with Crippen molar-refractivity contribution in [2.75, 3.05) is 5.32 Å². The molecule has 44 heavy (non-hydrogen) atoms. The van der Waals surface area contributed by atoms with E-state index in [0.29, 0.717) is 11.3 Å². The monoisotopic (exact) mass is 593 g/mol. The molecule has 4 aromatic carbocycles. The summed E-state index contributed by atoms with van der Waals surface area (Å²) in [5.41, 5.74) is 3.52. The lowest BCUT2D eigenvalue weighted by Crippen LogP contribution is -2.18.